The Kier molecular flexibility index (Phi) is 4.60. The van der Waals surface area contributed by atoms with E-state index in [1.54, 1.807) is 0 Å². The number of carbonyl (C=O) groups excluding carboxylic acids is 1. The predicted molar refractivity (Wildman–Crippen MR) is 62.2 cm³/mol. The van der Waals surface area contributed by atoms with Crippen LogP contribution in [0.1, 0.15) is 32.1 Å². The second-order valence-electron chi connectivity index (χ2n) is 4.78. The zero-order valence-corrected chi connectivity index (χ0v) is 9.84. The Morgan fingerprint density at radius 1 is 1.31 bits per heavy atom. The predicted octanol–water partition coefficient (Wildman–Crippen LogP) is 0.671. The summed E-state index contributed by atoms with van der Waals surface area (Å²) in [5.74, 6) is 0.360. The van der Waals surface area contributed by atoms with Gasteiger partial charge in [0.15, 0.2) is 0 Å². The number of nitrogens with one attached hydrogen (secondary N) is 2. The molecule has 2 aliphatic rings. The van der Waals surface area contributed by atoms with Crippen LogP contribution in [0.15, 0.2) is 0 Å². The van der Waals surface area contributed by atoms with Crippen molar-refractivity contribution >= 4 is 5.91 Å². The zero-order chi connectivity index (χ0) is 11.2. The molecule has 2 saturated heterocycles. The minimum atomic E-state index is 0.164. The molecule has 1 amide bonds. The molecule has 0 bridgehead atoms. The Balaban J connectivity index is 1.65. The van der Waals surface area contributed by atoms with Crippen LogP contribution in [-0.2, 0) is 9.53 Å². The van der Waals surface area contributed by atoms with Crippen molar-refractivity contribution in [3.63, 3.8) is 0 Å². The molecular formula is C12H22N2O2. The van der Waals surface area contributed by atoms with Gasteiger partial charge in [0.1, 0.15) is 0 Å². The molecule has 92 valence electrons. The molecular weight excluding hydrogens is 204 g/mol. The minimum absolute atomic E-state index is 0.164. The highest BCUT2D eigenvalue weighted by Crippen LogP contribution is 2.13. The highest BCUT2D eigenvalue weighted by molar-refractivity contribution is 5.78. The van der Waals surface area contributed by atoms with Gasteiger partial charge in [-0.25, -0.2) is 0 Å². The Bertz CT molecular complexity index is 221. The lowest BCUT2D eigenvalue weighted by atomic mass is 9.98. The molecule has 0 aromatic carbocycles. The van der Waals surface area contributed by atoms with Crippen molar-refractivity contribution < 1.29 is 9.53 Å². The molecule has 0 aliphatic carbocycles. The van der Waals surface area contributed by atoms with Gasteiger partial charge >= 0.3 is 0 Å². The van der Waals surface area contributed by atoms with E-state index in [1.165, 1.54) is 6.42 Å². The third kappa shape index (κ3) is 3.46. The number of carbonyl (C=O) groups is 1. The number of hydrogen-bond donors (Lipinski definition) is 2. The third-order valence-corrected chi connectivity index (χ3v) is 3.45. The number of hydrogen-bond acceptors (Lipinski definition) is 3. The smallest absolute Gasteiger partial charge is 0.224 e. The van der Waals surface area contributed by atoms with Crippen LogP contribution in [-0.4, -0.2) is 38.3 Å². The third-order valence-electron chi connectivity index (χ3n) is 3.45. The molecule has 0 saturated carbocycles. The van der Waals surface area contributed by atoms with Crippen LogP contribution in [0.5, 0.6) is 0 Å². The Hall–Kier alpha value is -0.610. The highest BCUT2D eigenvalue weighted by atomic mass is 16.5. The first-order valence-electron chi connectivity index (χ1n) is 6.46. The van der Waals surface area contributed by atoms with Gasteiger partial charge in [0.25, 0.3) is 0 Å². The van der Waals surface area contributed by atoms with Crippen molar-refractivity contribution in [3.05, 3.63) is 0 Å². The van der Waals surface area contributed by atoms with Gasteiger partial charge in [-0.15, -0.1) is 0 Å². The maximum Gasteiger partial charge on any atom is 0.224 e. The van der Waals surface area contributed by atoms with Crippen LogP contribution >= 0.6 is 0 Å². The molecule has 0 aromatic rings. The van der Waals surface area contributed by atoms with Crippen LogP contribution in [0.2, 0.25) is 0 Å². The largest absolute Gasteiger partial charge is 0.376 e. The molecule has 2 atom stereocenters. The second kappa shape index (κ2) is 6.21. The molecule has 4 heteroatoms. The molecule has 0 radical (unpaired) electrons. The van der Waals surface area contributed by atoms with E-state index in [2.05, 4.69) is 10.6 Å². The number of piperidine rings is 1. The van der Waals surface area contributed by atoms with Crippen molar-refractivity contribution in [3.8, 4) is 0 Å². The van der Waals surface area contributed by atoms with E-state index in [1.807, 2.05) is 0 Å². The van der Waals surface area contributed by atoms with Gasteiger partial charge < -0.3 is 15.4 Å². The van der Waals surface area contributed by atoms with Gasteiger partial charge in [-0.1, -0.05) is 0 Å². The van der Waals surface area contributed by atoms with Gasteiger partial charge in [0.05, 0.1) is 12.0 Å². The molecule has 2 aliphatic heterocycles. The van der Waals surface area contributed by atoms with Gasteiger partial charge in [0, 0.05) is 19.7 Å². The summed E-state index contributed by atoms with van der Waals surface area (Å²) in [6.45, 7) is 3.42. The van der Waals surface area contributed by atoms with Crippen molar-refractivity contribution in [1.29, 1.82) is 0 Å². The summed E-state index contributed by atoms with van der Waals surface area (Å²) in [4.78, 5) is 11.8. The number of amides is 1. The fourth-order valence-electron chi connectivity index (χ4n) is 2.40. The molecule has 0 aromatic heterocycles. The normalized spacial score (nSPS) is 31.0. The molecule has 1 unspecified atom stereocenters. The van der Waals surface area contributed by atoms with Crippen molar-refractivity contribution in [1.82, 2.24) is 10.6 Å². The maximum absolute atomic E-state index is 11.8. The Morgan fingerprint density at radius 3 is 2.94 bits per heavy atom. The first-order chi connectivity index (χ1) is 7.86. The van der Waals surface area contributed by atoms with Crippen LogP contribution < -0.4 is 10.6 Å². The summed E-state index contributed by atoms with van der Waals surface area (Å²) in [6.07, 6.45) is 5.85. The number of rotatable bonds is 3. The summed E-state index contributed by atoms with van der Waals surface area (Å²) in [5.41, 5.74) is 0. The van der Waals surface area contributed by atoms with Crippen molar-refractivity contribution in [2.45, 2.75) is 38.2 Å². The fraction of sp³-hybridized carbons (Fsp3) is 0.917. The van der Waals surface area contributed by atoms with E-state index < -0.39 is 0 Å². The van der Waals surface area contributed by atoms with Crippen LogP contribution in [0.25, 0.3) is 0 Å². The van der Waals surface area contributed by atoms with Gasteiger partial charge in [0.2, 0.25) is 5.91 Å². The summed E-state index contributed by atoms with van der Waals surface area (Å²) in [5, 5.41) is 6.28. The van der Waals surface area contributed by atoms with Crippen LogP contribution in [0.3, 0.4) is 0 Å². The maximum atomic E-state index is 11.8. The van der Waals surface area contributed by atoms with E-state index in [9.17, 15) is 4.79 Å². The van der Waals surface area contributed by atoms with Crippen molar-refractivity contribution in [2.75, 3.05) is 26.2 Å². The lowest BCUT2D eigenvalue weighted by Crippen LogP contribution is -2.43. The summed E-state index contributed by atoms with van der Waals surface area (Å²) in [7, 11) is 0. The Labute approximate surface area is 97.1 Å². The standard InChI is InChI=1S/C12H22N2O2/c15-12(10-4-3-6-13-8-10)14-9-11-5-1-2-7-16-11/h10-11,13H,1-9H2,(H,14,15)/t10-,11?/m1/s1. The van der Waals surface area contributed by atoms with Gasteiger partial charge in [-0.2, -0.15) is 0 Å². The SMILES string of the molecule is O=C(NCC1CCCCO1)[C@@H]1CCCNC1. The first kappa shape index (κ1) is 11.9. The molecule has 2 N–H and O–H groups in total. The fourth-order valence-corrected chi connectivity index (χ4v) is 2.40. The minimum Gasteiger partial charge on any atom is -0.376 e. The molecule has 2 heterocycles. The first-order valence-corrected chi connectivity index (χ1v) is 6.46. The molecule has 0 spiro atoms. The highest BCUT2D eigenvalue weighted by Gasteiger charge is 2.22. The molecule has 4 nitrogen and oxygen atoms in total. The average Bonchev–Trinajstić information content (AvgIpc) is 2.38. The van der Waals surface area contributed by atoms with E-state index >= 15 is 0 Å². The zero-order valence-electron chi connectivity index (χ0n) is 9.84. The molecule has 16 heavy (non-hydrogen) atoms. The molecule has 2 fully saturated rings. The number of ether oxygens (including phenoxy) is 1. The molecule has 2 rings (SSSR count). The lowest BCUT2D eigenvalue weighted by molar-refractivity contribution is -0.126. The topological polar surface area (TPSA) is 50.4 Å². The van der Waals surface area contributed by atoms with E-state index in [4.69, 9.17) is 4.74 Å². The van der Waals surface area contributed by atoms with E-state index in [0.717, 1.165) is 45.4 Å². The van der Waals surface area contributed by atoms with Gasteiger partial charge in [-0.3, -0.25) is 4.79 Å². The van der Waals surface area contributed by atoms with E-state index in [-0.39, 0.29) is 17.9 Å². The summed E-state index contributed by atoms with van der Waals surface area (Å²) >= 11 is 0. The summed E-state index contributed by atoms with van der Waals surface area (Å²) in [6, 6.07) is 0. The quantitative estimate of drug-likeness (QED) is 0.743. The van der Waals surface area contributed by atoms with Crippen molar-refractivity contribution in [2.24, 2.45) is 5.92 Å². The van der Waals surface area contributed by atoms with E-state index in [0.29, 0.717) is 6.54 Å². The second-order valence-corrected chi connectivity index (χ2v) is 4.78. The van der Waals surface area contributed by atoms with Crippen LogP contribution in [0, 0.1) is 5.92 Å². The Morgan fingerprint density at radius 2 is 2.25 bits per heavy atom. The lowest BCUT2D eigenvalue weighted by Gasteiger charge is -2.25. The average molecular weight is 226 g/mol. The monoisotopic (exact) mass is 226 g/mol. The summed E-state index contributed by atoms with van der Waals surface area (Å²) < 4.78 is 5.59. The van der Waals surface area contributed by atoms with Crippen LogP contribution in [0.4, 0.5) is 0 Å². The van der Waals surface area contributed by atoms with Gasteiger partial charge in [-0.05, 0) is 38.6 Å².